The van der Waals surface area contributed by atoms with Crippen molar-refractivity contribution >= 4 is 32.3 Å². The Morgan fingerprint density at radius 1 is 1.24 bits per heavy atom. The normalized spacial score (nSPS) is 11.7. The summed E-state index contributed by atoms with van der Waals surface area (Å²) in [6.45, 7) is 3.01. The summed E-state index contributed by atoms with van der Waals surface area (Å²) >= 11 is 0. The highest BCUT2D eigenvalue weighted by Gasteiger charge is 2.05. The third-order valence-electron chi connectivity index (χ3n) is 2.99. The van der Waals surface area contributed by atoms with Crippen LogP contribution in [0.1, 0.15) is 12.1 Å². The maximum atomic E-state index is 11.0. The van der Waals surface area contributed by atoms with Gasteiger partial charge in [0.05, 0.1) is 11.8 Å². The predicted octanol–water partition coefficient (Wildman–Crippen LogP) is 1.48. The molecule has 1 aromatic heterocycles. The van der Waals surface area contributed by atoms with Crippen LogP contribution in [0.15, 0.2) is 24.3 Å². The Balaban J connectivity index is 2.06. The first-order valence-electron chi connectivity index (χ1n) is 6.70. The van der Waals surface area contributed by atoms with Crippen LogP contribution < -0.4 is 15.8 Å². The number of benzene rings is 1. The number of nitrogens with one attached hydrogen (secondary N) is 2. The molecule has 0 aliphatic rings. The van der Waals surface area contributed by atoms with Crippen molar-refractivity contribution in [3.8, 4) is 0 Å². The molecule has 0 saturated carbocycles. The van der Waals surface area contributed by atoms with Gasteiger partial charge in [0.2, 0.25) is 10.0 Å². The topological polar surface area (TPSA) is 97.1 Å². The Labute approximate surface area is 124 Å². The van der Waals surface area contributed by atoms with Crippen molar-refractivity contribution in [1.82, 2.24) is 9.71 Å². The standard InChI is InChI=1S/C14H20N4O2S/c1-10-8-14(16-6-3-7-17-21(2,19)20)12-9-11(15)4-5-13(12)18-10/h4-5,8-9,17H,3,6-7,15H2,1-2H3,(H,16,18). The van der Waals surface area contributed by atoms with Crippen LogP contribution in [0.2, 0.25) is 0 Å². The smallest absolute Gasteiger partial charge is 0.208 e. The third kappa shape index (κ3) is 4.57. The Bertz CT molecular complexity index is 744. The van der Waals surface area contributed by atoms with Crippen molar-refractivity contribution in [1.29, 1.82) is 0 Å². The van der Waals surface area contributed by atoms with E-state index in [0.717, 1.165) is 28.5 Å². The van der Waals surface area contributed by atoms with E-state index < -0.39 is 10.0 Å². The zero-order chi connectivity index (χ0) is 15.5. The number of hydrogen-bond acceptors (Lipinski definition) is 5. The second-order valence-electron chi connectivity index (χ2n) is 5.03. The molecule has 0 atom stereocenters. The number of sulfonamides is 1. The summed E-state index contributed by atoms with van der Waals surface area (Å²) in [5.74, 6) is 0. The van der Waals surface area contributed by atoms with E-state index in [-0.39, 0.29) is 0 Å². The zero-order valence-corrected chi connectivity index (χ0v) is 13.0. The van der Waals surface area contributed by atoms with E-state index in [4.69, 9.17) is 5.73 Å². The lowest BCUT2D eigenvalue weighted by atomic mass is 10.1. The number of fused-ring (bicyclic) bond motifs is 1. The minimum absolute atomic E-state index is 0.413. The van der Waals surface area contributed by atoms with Gasteiger partial charge in [-0.25, -0.2) is 13.1 Å². The second kappa shape index (κ2) is 6.28. The Morgan fingerprint density at radius 2 is 2.00 bits per heavy atom. The summed E-state index contributed by atoms with van der Waals surface area (Å²) in [4.78, 5) is 4.47. The fourth-order valence-electron chi connectivity index (χ4n) is 2.09. The predicted molar refractivity (Wildman–Crippen MR) is 86.8 cm³/mol. The number of nitrogen functional groups attached to an aromatic ring is 1. The van der Waals surface area contributed by atoms with Crippen molar-refractivity contribution in [2.45, 2.75) is 13.3 Å². The summed E-state index contributed by atoms with van der Waals surface area (Å²) < 4.78 is 24.4. The summed E-state index contributed by atoms with van der Waals surface area (Å²) in [6.07, 6.45) is 1.85. The van der Waals surface area contributed by atoms with Gasteiger partial charge in [0, 0.05) is 35.5 Å². The van der Waals surface area contributed by atoms with Gasteiger partial charge in [0.1, 0.15) is 0 Å². The molecular formula is C14H20N4O2S. The van der Waals surface area contributed by atoms with E-state index in [1.54, 1.807) is 0 Å². The lowest BCUT2D eigenvalue weighted by Crippen LogP contribution is -2.24. The fourth-order valence-corrected chi connectivity index (χ4v) is 2.61. The van der Waals surface area contributed by atoms with Gasteiger partial charge < -0.3 is 11.1 Å². The monoisotopic (exact) mass is 308 g/mol. The molecule has 2 rings (SSSR count). The lowest BCUT2D eigenvalue weighted by Gasteiger charge is -2.11. The Morgan fingerprint density at radius 3 is 2.71 bits per heavy atom. The van der Waals surface area contributed by atoms with Gasteiger partial charge in [-0.2, -0.15) is 0 Å². The number of pyridine rings is 1. The molecule has 114 valence electrons. The molecule has 0 unspecified atom stereocenters. The molecule has 0 radical (unpaired) electrons. The number of anilines is 2. The van der Waals surface area contributed by atoms with Gasteiger partial charge in [0.25, 0.3) is 0 Å². The highest BCUT2D eigenvalue weighted by molar-refractivity contribution is 7.88. The Kier molecular flexibility index (Phi) is 4.64. The van der Waals surface area contributed by atoms with Crippen LogP contribution in [-0.2, 0) is 10.0 Å². The van der Waals surface area contributed by atoms with E-state index in [0.29, 0.717) is 25.2 Å². The van der Waals surface area contributed by atoms with Crippen LogP contribution in [0.3, 0.4) is 0 Å². The molecule has 0 spiro atoms. The van der Waals surface area contributed by atoms with E-state index in [1.807, 2.05) is 31.2 Å². The van der Waals surface area contributed by atoms with E-state index in [9.17, 15) is 8.42 Å². The van der Waals surface area contributed by atoms with Gasteiger partial charge in [-0.1, -0.05) is 0 Å². The van der Waals surface area contributed by atoms with Gasteiger partial charge in [0.15, 0.2) is 0 Å². The number of aryl methyl sites for hydroxylation is 1. The van der Waals surface area contributed by atoms with Gasteiger partial charge >= 0.3 is 0 Å². The summed E-state index contributed by atoms with van der Waals surface area (Å²) in [5, 5.41) is 4.28. The summed E-state index contributed by atoms with van der Waals surface area (Å²) in [7, 11) is -3.12. The molecule has 2 aromatic rings. The molecule has 4 N–H and O–H groups in total. The number of hydrogen-bond donors (Lipinski definition) is 3. The molecule has 7 heteroatoms. The molecule has 1 aromatic carbocycles. The van der Waals surface area contributed by atoms with Gasteiger partial charge in [-0.05, 0) is 37.6 Å². The molecule has 0 fully saturated rings. The lowest BCUT2D eigenvalue weighted by molar-refractivity contribution is 0.586. The first-order chi connectivity index (χ1) is 9.85. The quantitative estimate of drug-likeness (QED) is 0.555. The average molecular weight is 308 g/mol. The first-order valence-corrected chi connectivity index (χ1v) is 8.60. The van der Waals surface area contributed by atoms with Crippen molar-refractivity contribution in [3.05, 3.63) is 30.0 Å². The molecule has 0 aliphatic heterocycles. The number of aromatic nitrogens is 1. The highest BCUT2D eigenvalue weighted by atomic mass is 32.2. The van der Waals surface area contributed by atoms with Crippen LogP contribution >= 0.6 is 0 Å². The van der Waals surface area contributed by atoms with Crippen LogP contribution in [0.5, 0.6) is 0 Å². The molecular weight excluding hydrogens is 288 g/mol. The van der Waals surface area contributed by atoms with E-state index in [2.05, 4.69) is 15.0 Å². The van der Waals surface area contributed by atoms with Gasteiger partial charge in [-0.15, -0.1) is 0 Å². The minimum atomic E-state index is -3.12. The van der Waals surface area contributed by atoms with Crippen LogP contribution in [0, 0.1) is 6.92 Å². The number of nitrogens with two attached hydrogens (primary N) is 1. The SMILES string of the molecule is Cc1cc(NCCCNS(C)(=O)=O)c2cc(N)ccc2n1. The molecule has 1 heterocycles. The fraction of sp³-hybridized carbons (Fsp3) is 0.357. The molecule has 21 heavy (non-hydrogen) atoms. The van der Waals surface area contributed by atoms with Crippen molar-refractivity contribution in [2.24, 2.45) is 0 Å². The minimum Gasteiger partial charge on any atom is -0.399 e. The van der Waals surface area contributed by atoms with Crippen LogP contribution in [0.25, 0.3) is 10.9 Å². The maximum absolute atomic E-state index is 11.0. The highest BCUT2D eigenvalue weighted by Crippen LogP contribution is 2.25. The first kappa shape index (κ1) is 15.5. The molecule has 0 aliphatic carbocycles. The molecule has 0 amide bonds. The van der Waals surface area contributed by atoms with E-state index >= 15 is 0 Å². The maximum Gasteiger partial charge on any atom is 0.208 e. The van der Waals surface area contributed by atoms with Crippen molar-refractivity contribution in [2.75, 3.05) is 30.4 Å². The molecule has 0 saturated heterocycles. The van der Waals surface area contributed by atoms with E-state index in [1.165, 1.54) is 0 Å². The summed E-state index contributed by atoms with van der Waals surface area (Å²) in [5.41, 5.74) is 9.28. The number of nitrogens with zero attached hydrogens (tertiary/aromatic N) is 1. The molecule has 0 bridgehead atoms. The van der Waals surface area contributed by atoms with Gasteiger partial charge in [-0.3, -0.25) is 4.98 Å². The summed E-state index contributed by atoms with van der Waals surface area (Å²) in [6, 6.07) is 7.58. The number of rotatable bonds is 6. The second-order valence-corrected chi connectivity index (χ2v) is 6.87. The van der Waals surface area contributed by atoms with Crippen molar-refractivity contribution in [3.63, 3.8) is 0 Å². The Hall–Kier alpha value is -1.86. The zero-order valence-electron chi connectivity index (χ0n) is 12.2. The average Bonchev–Trinajstić information content (AvgIpc) is 2.37. The van der Waals surface area contributed by atoms with Crippen LogP contribution in [-0.4, -0.2) is 32.7 Å². The van der Waals surface area contributed by atoms with Crippen LogP contribution in [0.4, 0.5) is 11.4 Å². The van der Waals surface area contributed by atoms with Crippen molar-refractivity contribution < 1.29 is 8.42 Å². The largest absolute Gasteiger partial charge is 0.399 e. The third-order valence-corrected chi connectivity index (χ3v) is 3.72. The molecule has 6 nitrogen and oxygen atoms in total.